The van der Waals surface area contributed by atoms with Crippen molar-refractivity contribution >= 4 is 5.91 Å². The summed E-state index contributed by atoms with van der Waals surface area (Å²) in [6.45, 7) is 0.614. The predicted octanol–water partition coefficient (Wildman–Crippen LogP) is 0.0615. The minimum absolute atomic E-state index is 0.117. The van der Waals surface area contributed by atoms with Crippen molar-refractivity contribution < 1.29 is 4.79 Å². The Morgan fingerprint density at radius 2 is 2.14 bits per heavy atom. The van der Waals surface area contributed by atoms with Gasteiger partial charge in [-0.2, -0.15) is 5.26 Å². The number of aromatic nitrogens is 1. The Balaban J connectivity index is 2.13. The molecular formula is C9H12N4O. The minimum Gasteiger partial charge on any atom is -0.353 e. The first-order valence-electron chi connectivity index (χ1n) is 4.33. The van der Waals surface area contributed by atoms with E-state index in [-0.39, 0.29) is 12.5 Å². The third-order valence-corrected chi connectivity index (χ3v) is 1.59. The summed E-state index contributed by atoms with van der Waals surface area (Å²) in [5.74, 6) is -0.117. The molecule has 1 heterocycles. The Morgan fingerprint density at radius 1 is 1.43 bits per heavy atom. The van der Waals surface area contributed by atoms with E-state index in [1.165, 1.54) is 0 Å². The molecule has 1 aromatic heterocycles. The average molecular weight is 192 g/mol. The summed E-state index contributed by atoms with van der Waals surface area (Å²) < 4.78 is 1.70. The molecule has 5 heteroatoms. The van der Waals surface area contributed by atoms with Crippen LogP contribution in [0, 0.1) is 11.3 Å². The largest absolute Gasteiger partial charge is 0.353 e. The fourth-order valence-electron chi connectivity index (χ4n) is 0.923. The maximum absolute atomic E-state index is 11.1. The van der Waals surface area contributed by atoms with Gasteiger partial charge in [0.25, 0.3) is 0 Å². The van der Waals surface area contributed by atoms with E-state index in [0.717, 1.165) is 0 Å². The van der Waals surface area contributed by atoms with Gasteiger partial charge in [0.05, 0.1) is 12.5 Å². The zero-order chi connectivity index (χ0) is 10.2. The summed E-state index contributed by atoms with van der Waals surface area (Å²) >= 11 is 0. The number of nitrogens with one attached hydrogen (secondary N) is 2. The number of rotatable bonds is 5. The molecule has 2 N–H and O–H groups in total. The van der Waals surface area contributed by atoms with Crippen LogP contribution in [0.15, 0.2) is 24.5 Å². The summed E-state index contributed by atoms with van der Waals surface area (Å²) in [5.41, 5.74) is 2.87. The van der Waals surface area contributed by atoms with Gasteiger partial charge in [-0.1, -0.05) is 0 Å². The molecular weight excluding hydrogens is 180 g/mol. The van der Waals surface area contributed by atoms with Crippen molar-refractivity contribution in [3.05, 3.63) is 24.5 Å². The molecule has 0 saturated heterocycles. The number of amides is 1. The van der Waals surface area contributed by atoms with Crippen LogP contribution in [-0.2, 0) is 4.79 Å². The van der Waals surface area contributed by atoms with E-state index < -0.39 is 0 Å². The highest BCUT2D eigenvalue weighted by atomic mass is 16.2. The monoisotopic (exact) mass is 192 g/mol. The summed E-state index contributed by atoms with van der Waals surface area (Å²) in [5, 5.41) is 10.8. The Kier molecular flexibility index (Phi) is 4.08. The predicted molar refractivity (Wildman–Crippen MR) is 51.9 cm³/mol. The molecule has 0 saturated carbocycles. The maximum atomic E-state index is 11.1. The summed E-state index contributed by atoms with van der Waals surface area (Å²) in [6, 6.07) is 5.68. The number of carbonyl (C=O) groups is 1. The summed E-state index contributed by atoms with van der Waals surface area (Å²) in [4.78, 5) is 11.1. The van der Waals surface area contributed by atoms with Crippen LogP contribution in [0.25, 0.3) is 0 Å². The van der Waals surface area contributed by atoms with Gasteiger partial charge in [-0.25, -0.2) is 0 Å². The number of nitriles is 1. The van der Waals surface area contributed by atoms with Gasteiger partial charge in [-0.15, -0.1) is 0 Å². The van der Waals surface area contributed by atoms with Crippen LogP contribution in [0.5, 0.6) is 0 Å². The van der Waals surface area contributed by atoms with Gasteiger partial charge in [-0.3, -0.25) is 9.47 Å². The molecule has 0 bridgehead atoms. The van der Waals surface area contributed by atoms with E-state index in [1.807, 2.05) is 30.6 Å². The zero-order valence-corrected chi connectivity index (χ0v) is 7.73. The highest BCUT2D eigenvalue weighted by Gasteiger charge is 1.98. The van der Waals surface area contributed by atoms with Crippen molar-refractivity contribution in [2.45, 2.75) is 6.42 Å². The Labute approximate surface area is 82.3 Å². The van der Waals surface area contributed by atoms with Gasteiger partial charge in [-0.05, 0) is 12.1 Å². The van der Waals surface area contributed by atoms with Crippen LogP contribution in [0.2, 0.25) is 0 Å². The highest BCUT2D eigenvalue weighted by molar-refractivity contribution is 5.79. The van der Waals surface area contributed by atoms with Crippen molar-refractivity contribution in [1.82, 2.24) is 9.99 Å². The standard InChI is InChI=1S/C9H12N4O/c10-4-3-5-11-9(14)8-12-13-6-1-2-7-13/h1-2,6-7,12H,3,5,8H2,(H,11,14). The minimum atomic E-state index is -0.117. The SMILES string of the molecule is N#CCCNC(=O)CNn1cccc1. The fraction of sp³-hybridized carbons (Fsp3) is 0.333. The highest BCUT2D eigenvalue weighted by Crippen LogP contribution is 1.84. The van der Waals surface area contributed by atoms with Gasteiger partial charge >= 0.3 is 0 Å². The summed E-state index contributed by atoms with van der Waals surface area (Å²) in [7, 11) is 0. The normalized spacial score (nSPS) is 9.07. The molecule has 1 amide bonds. The molecule has 0 atom stereocenters. The molecule has 0 aliphatic carbocycles. The van der Waals surface area contributed by atoms with E-state index >= 15 is 0 Å². The van der Waals surface area contributed by atoms with Gasteiger partial charge in [0.2, 0.25) is 5.91 Å². The van der Waals surface area contributed by atoms with Crippen LogP contribution in [0.4, 0.5) is 0 Å². The molecule has 0 fully saturated rings. The molecule has 1 rings (SSSR count). The van der Waals surface area contributed by atoms with Crippen molar-refractivity contribution in [3.63, 3.8) is 0 Å². The first-order valence-corrected chi connectivity index (χ1v) is 4.33. The molecule has 1 aromatic rings. The Hall–Kier alpha value is -1.96. The second kappa shape index (κ2) is 5.65. The van der Waals surface area contributed by atoms with E-state index in [9.17, 15) is 4.79 Å². The van der Waals surface area contributed by atoms with E-state index in [1.54, 1.807) is 4.68 Å². The molecule has 0 aliphatic rings. The van der Waals surface area contributed by atoms with Crippen LogP contribution in [0.3, 0.4) is 0 Å². The van der Waals surface area contributed by atoms with Crippen LogP contribution < -0.4 is 10.7 Å². The van der Waals surface area contributed by atoms with Gasteiger partial charge in [0, 0.05) is 18.9 Å². The van der Waals surface area contributed by atoms with E-state index in [4.69, 9.17) is 5.26 Å². The molecule has 0 spiro atoms. The fourth-order valence-corrected chi connectivity index (χ4v) is 0.923. The van der Waals surface area contributed by atoms with Crippen molar-refractivity contribution in [2.75, 3.05) is 18.5 Å². The maximum Gasteiger partial charge on any atom is 0.240 e. The molecule has 5 nitrogen and oxygen atoms in total. The van der Waals surface area contributed by atoms with Crippen LogP contribution in [0.1, 0.15) is 6.42 Å². The zero-order valence-electron chi connectivity index (χ0n) is 7.73. The average Bonchev–Trinajstić information content (AvgIpc) is 2.68. The molecule has 0 radical (unpaired) electrons. The van der Waals surface area contributed by atoms with E-state index in [0.29, 0.717) is 13.0 Å². The lowest BCUT2D eigenvalue weighted by Crippen LogP contribution is -2.33. The lowest BCUT2D eigenvalue weighted by atomic mass is 10.4. The van der Waals surface area contributed by atoms with Gasteiger partial charge in [0.1, 0.15) is 6.54 Å². The second-order valence-corrected chi connectivity index (χ2v) is 2.68. The van der Waals surface area contributed by atoms with Gasteiger partial charge in [0.15, 0.2) is 0 Å². The first-order chi connectivity index (χ1) is 6.83. The topological polar surface area (TPSA) is 69.8 Å². The van der Waals surface area contributed by atoms with Crippen molar-refractivity contribution in [2.24, 2.45) is 0 Å². The smallest absolute Gasteiger partial charge is 0.240 e. The van der Waals surface area contributed by atoms with Gasteiger partial charge < -0.3 is 10.7 Å². The van der Waals surface area contributed by atoms with E-state index in [2.05, 4.69) is 10.7 Å². The third kappa shape index (κ3) is 3.63. The quantitative estimate of drug-likeness (QED) is 0.648. The van der Waals surface area contributed by atoms with Crippen LogP contribution in [-0.4, -0.2) is 23.7 Å². The Morgan fingerprint density at radius 3 is 2.79 bits per heavy atom. The van der Waals surface area contributed by atoms with Crippen LogP contribution >= 0.6 is 0 Å². The molecule has 74 valence electrons. The first kappa shape index (κ1) is 10.1. The third-order valence-electron chi connectivity index (χ3n) is 1.59. The number of nitrogens with zero attached hydrogens (tertiary/aromatic N) is 2. The number of hydrogen-bond donors (Lipinski definition) is 2. The summed E-state index contributed by atoms with van der Waals surface area (Å²) in [6.07, 6.45) is 3.96. The number of carbonyl (C=O) groups excluding carboxylic acids is 1. The van der Waals surface area contributed by atoms with Crippen molar-refractivity contribution in [1.29, 1.82) is 5.26 Å². The lowest BCUT2D eigenvalue weighted by Gasteiger charge is -2.06. The lowest BCUT2D eigenvalue weighted by molar-refractivity contribution is -0.119. The molecule has 0 aliphatic heterocycles. The molecule has 14 heavy (non-hydrogen) atoms. The molecule has 0 aromatic carbocycles. The molecule has 0 unspecified atom stereocenters. The Bertz CT molecular complexity index is 312. The second-order valence-electron chi connectivity index (χ2n) is 2.68. The number of hydrogen-bond acceptors (Lipinski definition) is 3. The van der Waals surface area contributed by atoms with Crippen molar-refractivity contribution in [3.8, 4) is 6.07 Å².